The number of likely N-dealkylation sites (N-methyl/N-ethyl adjacent to an activating group) is 1. The van der Waals surface area contributed by atoms with Crippen molar-refractivity contribution in [3.8, 4) is 0 Å². The fourth-order valence-corrected chi connectivity index (χ4v) is 3.54. The molecule has 0 spiro atoms. The maximum atomic E-state index is 11.7. The number of hydrogen-bond acceptors (Lipinski definition) is 5. The Morgan fingerprint density at radius 1 is 1.50 bits per heavy atom. The van der Waals surface area contributed by atoms with Crippen LogP contribution in [-0.4, -0.2) is 35.2 Å². The number of esters is 1. The van der Waals surface area contributed by atoms with Crippen molar-refractivity contribution >= 4 is 41.3 Å². The van der Waals surface area contributed by atoms with Crippen molar-refractivity contribution < 1.29 is 28.0 Å². The molecular weight excluding hydrogens is 420 g/mol. The van der Waals surface area contributed by atoms with E-state index in [2.05, 4.69) is 0 Å². The number of benzene rings is 1. The third-order valence-corrected chi connectivity index (χ3v) is 4.39. The van der Waals surface area contributed by atoms with Crippen LogP contribution < -0.4 is 4.90 Å². The Morgan fingerprint density at radius 3 is 2.64 bits per heavy atom. The fourth-order valence-electron chi connectivity index (χ4n) is 1.75. The van der Waals surface area contributed by atoms with Crippen LogP contribution in [0.3, 0.4) is 0 Å². The van der Waals surface area contributed by atoms with Crippen molar-refractivity contribution in [2.45, 2.75) is 20.0 Å². The Bertz CT molecular complexity index is 604. The Hall–Kier alpha value is -1.04. The van der Waals surface area contributed by atoms with Gasteiger partial charge in [-0.05, 0) is 0 Å². The Labute approximate surface area is 141 Å². The average molecular weight is 436 g/mol. The molecule has 0 fully saturated rings. The molecule has 0 saturated carbocycles. The first-order valence-corrected chi connectivity index (χ1v) is 11.7. The van der Waals surface area contributed by atoms with E-state index in [0.717, 1.165) is 0 Å². The SMILES string of the molecule is CC(C)OC(=O)CN(C)c1ccc([N+](=O)[O-])cc1[CH]=[Ru]([Cl])[Cl]. The number of carbonyl (C=O) groups excluding carboxylic acids is 1. The quantitative estimate of drug-likeness (QED) is 0.297. The molecule has 9 heteroatoms. The molecule has 124 valence electrons. The van der Waals surface area contributed by atoms with Crippen molar-refractivity contribution in [1.82, 2.24) is 0 Å². The molecule has 1 aromatic carbocycles. The number of nitro groups is 1. The van der Waals surface area contributed by atoms with E-state index in [-0.39, 0.29) is 24.3 Å². The number of carbonyl (C=O) groups is 1. The molecule has 0 atom stereocenters. The summed E-state index contributed by atoms with van der Waals surface area (Å²) in [6.45, 7) is 3.55. The van der Waals surface area contributed by atoms with Gasteiger partial charge in [-0.1, -0.05) is 0 Å². The second kappa shape index (κ2) is 8.56. The molecule has 0 aliphatic carbocycles. The molecule has 0 unspecified atom stereocenters. The molecule has 6 nitrogen and oxygen atoms in total. The molecule has 0 heterocycles. The van der Waals surface area contributed by atoms with Crippen LogP contribution in [0.25, 0.3) is 0 Å². The molecule has 0 N–H and O–H groups in total. The van der Waals surface area contributed by atoms with Gasteiger partial charge in [-0.2, -0.15) is 0 Å². The van der Waals surface area contributed by atoms with Crippen molar-refractivity contribution in [2.24, 2.45) is 0 Å². The standard InChI is InChI=1S/C13H16N2O4.2ClH.Ru/c1-9(2)19-13(16)8-14(4)12-6-5-11(15(17)18)7-10(12)3;;;/h3,5-7,9H,8H2,1-2,4H3;2*1H;/q;;;+2/p-2. The maximum absolute atomic E-state index is 11.7. The van der Waals surface area contributed by atoms with Gasteiger partial charge in [-0.25, -0.2) is 0 Å². The first-order chi connectivity index (χ1) is 10.2. The van der Waals surface area contributed by atoms with Gasteiger partial charge in [0.25, 0.3) is 0 Å². The molecule has 22 heavy (non-hydrogen) atoms. The Kier molecular flexibility index (Phi) is 7.40. The van der Waals surface area contributed by atoms with Crippen LogP contribution in [0, 0.1) is 10.1 Å². The van der Waals surface area contributed by atoms with Crippen LogP contribution in [0.15, 0.2) is 18.2 Å². The third-order valence-electron chi connectivity index (χ3n) is 2.55. The monoisotopic (exact) mass is 436 g/mol. The summed E-state index contributed by atoms with van der Waals surface area (Å²) in [4.78, 5) is 23.7. The average Bonchev–Trinajstić information content (AvgIpc) is 2.36. The fraction of sp³-hybridized carbons (Fsp3) is 0.385. The van der Waals surface area contributed by atoms with Gasteiger partial charge in [-0.3, -0.25) is 0 Å². The number of halogens is 2. The molecule has 0 bridgehead atoms. The van der Waals surface area contributed by atoms with Crippen LogP contribution in [-0.2, 0) is 23.0 Å². The van der Waals surface area contributed by atoms with Gasteiger partial charge in [0.15, 0.2) is 0 Å². The van der Waals surface area contributed by atoms with Crippen LogP contribution in [0.4, 0.5) is 11.4 Å². The van der Waals surface area contributed by atoms with Crippen molar-refractivity contribution in [1.29, 1.82) is 0 Å². The second-order valence-electron chi connectivity index (χ2n) is 4.70. The van der Waals surface area contributed by atoms with E-state index in [1.54, 1.807) is 36.5 Å². The van der Waals surface area contributed by atoms with E-state index in [0.29, 0.717) is 11.3 Å². The summed E-state index contributed by atoms with van der Waals surface area (Å²) in [7, 11) is 13.4. The van der Waals surface area contributed by atoms with Crippen LogP contribution in [0.1, 0.15) is 19.4 Å². The molecule has 0 aliphatic rings. The van der Waals surface area contributed by atoms with E-state index in [1.165, 1.54) is 12.1 Å². The number of non-ortho nitro benzene ring substituents is 1. The van der Waals surface area contributed by atoms with E-state index in [1.807, 2.05) is 0 Å². The Balaban J connectivity index is 3.09. The van der Waals surface area contributed by atoms with Gasteiger partial charge in [0.2, 0.25) is 0 Å². The number of hydrogen-bond donors (Lipinski definition) is 0. The molecular formula is C13H16Cl2N2O4Ru. The van der Waals surface area contributed by atoms with Crippen molar-refractivity contribution in [3.63, 3.8) is 0 Å². The number of nitro benzene ring substituents is 1. The molecule has 0 saturated heterocycles. The predicted molar refractivity (Wildman–Crippen MR) is 84.5 cm³/mol. The molecule has 0 radical (unpaired) electrons. The van der Waals surface area contributed by atoms with E-state index >= 15 is 0 Å². The van der Waals surface area contributed by atoms with E-state index < -0.39 is 18.4 Å². The van der Waals surface area contributed by atoms with Gasteiger partial charge in [0.05, 0.1) is 0 Å². The van der Waals surface area contributed by atoms with Crippen molar-refractivity contribution in [2.75, 3.05) is 18.5 Å². The first-order valence-electron chi connectivity index (χ1n) is 6.23. The minimum absolute atomic E-state index is 0.0219. The van der Waals surface area contributed by atoms with Gasteiger partial charge in [0, 0.05) is 0 Å². The van der Waals surface area contributed by atoms with E-state index in [4.69, 9.17) is 24.1 Å². The van der Waals surface area contributed by atoms with Gasteiger partial charge >= 0.3 is 142 Å². The number of nitrogens with zero attached hydrogens (tertiary/aromatic N) is 2. The summed E-state index contributed by atoms with van der Waals surface area (Å²) >= 11 is -2.17. The third kappa shape index (κ3) is 5.99. The van der Waals surface area contributed by atoms with Crippen LogP contribution in [0.5, 0.6) is 0 Å². The molecule has 1 rings (SSSR count). The summed E-state index contributed by atoms with van der Waals surface area (Å²) < 4.78 is 6.69. The zero-order valence-corrected chi connectivity index (χ0v) is 15.5. The number of rotatable bonds is 6. The topological polar surface area (TPSA) is 72.7 Å². The van der Waals surface area contributed by atoms with Gasteiger partial charge < -0.3 is 0 Å². The van der Waals surface area contributed by atoms with Crippen molar-refractivity contribution in [3.05, 3.63) is 33.9 Å². The summed E-state index contributed by atoms with van der Waals surface area (Å²) in [5, 5.41) is 10.9. The van der Waals surface area contributed by atoms with Crippen LogP contribution in [0.2, 0.25) is 0 Å². The summed E-state index contributed by atoms with van der Waals surface area (Å²) in [5.74, 6) is -0.382. The normalized spacial score (nSPS) is 11.1. The van der Waals surface area contributed by atoms with Gasteiger partial charge in [0.1, 0.15) is 0 Å². The molecule has 0 amide bonds. The zero-order chi connectivity index (χ0) is 16.9. The van der Waals surface area contributed by atoms with E-state index in [9.17, 15) is 14.9 Å². The number of anilines is 1. The summed E-state index contributed by atoms with van der Waals surface area (Å²) in [6.07, 6.45) is -0.202. The summed E-state index contributed by atoms with van der Waals surface area (Å²) in [5.41, 5.74) is 1.11. The molecule has 1 aromatic rings. The van der Waals surface area contributed by atoms with Gasteiger partial charge in [-0.15, -0.1) is 0 Å². The minimum atomic E-state index is -2.17. The Morgan fingerprint density at radius 2 is 2.14 bits per heavy atom. The second-order valence-corrected chi connectivity index (χ2v) is 10.4. The molecule has 0 aliphatic heterocycles. The van der Waals surface area contributed by atoms with Crippen LogP contribution >= 0.6 is 19.4 Å². The number of ether oxygens (including phenoxy) is 1. The first kappa shape index (κ1) is 19.0. The molecule has 0 aromatic heterocycles. The zero-order valence-electron chi connectivity index (χ0n) is 12.2. The predicted octanol–water partition coefficient (Wildman–Crippen LogP) is 3.06. The summed E-state index contributed by atoms with van der Waals surface area (Å²) in [6, 6.07) is 4.33.